The van der Waals surface area contributed by atoms with Crippen LogP contribution in [0.5, 0.6) is 5.75 Å². The number of imide groups is 1. The Bertz CT molecular complexity index is 937. The fraction of sp³-hybridized carbons (Fsp3) is 0.304. The lowest BCUT2D eigenvalue weighted by Crippen LogP contribution is -2.35. The SMILES string of the molecule is COCCN1C(=O)C(Nc2ccc(F)cc2)=C(c2ccc(OCC(C)C)cc2)C1=O. The van der Waals surface area contributed by atoms with Gasteiger partial charge in [-0.1, -0.05) is 26.0 Å². The lowest BCUT2D eigenvalue weighted by atomic mass is 10.0. The van der Waals surface area contributed by atoms with E-state index >= 15 is 0 Å². The Morgan fingerprint density at radius 3 is 2.27 bits per heavy atom. The van der Waals surface area contributed by atoms with Crippen molar-refractivity contribution in [3.63, 3.8) is 0 Å². The minimum Gasteiger partial charge on any atom is -0.493 e. The molecule has 2 aromatic rings. The molecule has 0 radical (unpaired) electrons. The van der Waals surface area contributed by atoms with Crippen molar-refractivity contribution in [1.29, 1.82) is 0 Å². The van der Waals surface area contributed by atoms with E-state index in [0.29, 0.717) is 29.5 Å². The lowest BCUT2D eigenvalue weighted by Gasteiger charge is -2.14. The maximum Gasteiger partial charge on any atom is 0.278 e. The Hall–Kier alpha value is -3.19. The van der Waals surface area contributed by atoms with Gasteiger partial charge in [0.1, 0.15) is 17.3 Å². The molecular weight excluding hydrogens is 387 g/mol. The smallest absolute Gasteiger partial charge is 0.278 e. The number of amides is 2. The number of nitrogens with zero attached hydrogens (tertiary/aromatic N) is 1. The molecule has 0 atom stereocenters. The van der Waals surface area contributed by atoms with Gasteiger partial charge in [0.15, 0.2) is 0 Å². The molecule has 0 spiro atoms. The van der Waals surface area contributed by atoms with Gasteiger partial charge < -0.3 is 14.8 Å². The molecule has 0 aromatic heterocycles. The summed E-state index contributed by atoms with van der Waals surface area (Å²) in [6.45, 7) is 5.08. The number of hydrogen-bond donors (Lipinski definition) is 1. The zero-order valence-corrected chi connectivity index (χ0v) is 17.3. The molecule has 158 valence electrons. The predicted molar refractivity (Wildman–Crippen MR) is 112 cm³/mol. The van der Waals surface area contributed by atoms with Crippen molar-refractivity contribution in [2.75, 3.05) is 32.2 Å². The molecule has 0 fully saturated rings. The topological polar surface area (TPSA) is 67.9 Å². The van der Waals surface area contributed by atoms with Crippen LogP contribution in [0.15, 0.2) is 54.2 Å². The van der Waals surface area contributed by atoms with Crippen LogP contribution in [0.25, 0.3) is 5.57 Å². The minimum atomic E-state index is -0.448. The zero-order chi connectivity index (χ0) is 21.7. The van der Waals surface area contributed by atoms with E-state index in [4.69, 9.17) is 9.47 Å². The molecule has 0 unspecified atom stereocenters. The summed E-state index contributed by atoms with van der Waals surface area (Å²) in [5, 5.41) is 2.99. The van der Waals surface area contributed by atoms with Gasteiger partial charge in [0.25, 0.3) is 11.8 Å². The lowest BCUT2D eigenvalue weighted by molar-refractivity contribution is -0.137. The Balaban J connectivity index is 1.93. The molecule has 0 bridgehead atoms. The number of halogens is 1. The van der Waals surface area contributed by atoms with E-state index in [1.165, 1.54) is 31.4 Å². The molecule has 2 amide bonds. The Labute approximate surface area is 175 Å². The molecule has 2 aromatic carbocycles. The Kier molecular flexibility index (Phi) is 6.84. The van der Waals surface area contributed by atoms with E-state index in [2.05, 4.69) is 19.2 Å². The van der Waals surface area contributed by atoms with E-state index < -0.39 is 11.8 Å². The van der Waals surface area contributed by atoms with E-state index in [9.17, 15) is 14.0 Å². The van der Waals surface area contributed by atoms with Crippen LogP contribution in [0.4, 0.5) is 10.1 Å². The second kappa shape index (κ2) is 9.54. The highest BCUT2D eigenvalue weighted by Gasteiger charge is 2.38. The van der Waals surface area contributed by atoms with Crippen LogP contribution in [0.1, 0.15) is 19.4 Å². The highest BCUT2D eigenvalue weighted by Crippen LogP contribution is 2.31. The van der Waals surface area contributed by atoms with Crippen LogP contribution < -0.4 is 10.1 Å². The summed E-state index contributed by atoms with van der Waals surface area (Å²) in [5.41, 5.74) is 1.51. The number of benzene rings is 2. The molecule has 1 N–H and O–H groups in total. The first-order valence-corrected chi connectivity index (χ1v) is 9.76. The highest BCUT2D eigenvalue weighted by atomic mass is 19.1. The second-order valence-corrected chi connectivity index (χ2v) is 7.37. The second-order valence-electron chi connectivity index (χ2n) is 7.37. The van der Waals surface area contributed by atoms with Crippen molar-refractivity contribution in [3.05, 3.63) is 65.6 Å². The van der Waals surface area contributed by atoms with Crippen LogP contribution in [-0.2, 0) is 14.3 Å². The summed E-state index contributed by atoms with van der Waals surface area (Å²) in [4.78, 5) is 27.1. The summed E-state index contributed by atoms with van der Waals surface area (Å²) in [6.07, 6.45) is 0. The summed E-state index contributed by atoms with van der Waals surface area (Å²) in [6, 6.07) is 12.6. The third-order valence-corrected chi connectivity index (χ3v) is 4.53. The fourth-order valence-corrected chi connectivity index (χ4v) is 3.00. The molecule has 6 nitrogen and oxygen atoms in total. The first-order valence-electron chi connectivity index (χ1n) is 9.76. The Morgan fingerprint density at radius 2 is 1.67 bits per heavy atom. The number of carbonyl (C=O) groups is 2. The minimum absolute atomic E-state index is 0.141. The molecule has 0 saturated heterocycles. The van der Waals surface area contributed by atoms with Crippen LogP contribution in [0.3, 0.4) is 0 Å². The molecule has 0 saturated carbocycles. The predicted octanol–water partition coefficient (Wildman–Crippen LogP) is 3.70. The maximum atomic E-state index is 13.2. The van der Waals surface area contributed by atoms with Crippen molar-refractivity contribution in [2.24, 2.45) is 5.92 Å². The first kappa shape index (κ1) is 21.5. The van der Waals surface area contributed by atoms with Crippen molar-refractivity contribution < 1.29 is 23.5 Å². The normalized spacial score (nSPS) is 14.1. The number of rotatable bonds is 9. The first-order chi connectivity index (χ1) is 14.4. The molecule has 1 aliphatic heterocycles. The summed E-state index contributed by atoms with van der Waals surface area (Å²) in [7, 11) is 1.51. The number of ether oxygens (including phenoxy) is 2. The van der Waals surface area contributed by atoms with Gasteiger partial charge in [0.05, 0.1) is 25.3 Å². The van der Waals surface area contributed by atoms with Gasteiger partial charge >= 0.3 is 0 Å². The molecule has 1 aliphatic rings. The van der Waals surface area contributed by atoms with Gasteiger partial charge in [-0.3, -0.25) is 14.5 Å². The molecule has 0 aliphatic carbocycles. The van der Waals surface area contributed by atoms with Crippen molar-refractivity contribution in [1.82, 2.24) is 4.90 Å². The van der Waals surface area contributed by atoms with Crippen molar-refractivity contribution in [2.45, 2.75) is 13.8 Å². The van der Waals surface area contributed by atoms with Gasteiger partial charge in [-0.05, 0) is 47.9 Å². The quantitative estimate of drug-likeness (QED) is 0.636. The number of carbonyl (C=O) groups excluding carboxylic acids is 2. The monoisotopic (exact) mass is 412 g/mol. The van der Waals surface area contributed by atoms with E-state index in [1.807, 2.05) is 0 Å². The third-order valence-electron chi connectivity index (χ3n) is 4.53. The van der Waals surface area contributed by atoms with E-state index in [0.717, 1.165) is 4.90 Å². The number of anilines is 1. The molecule has 1 heterocycles. The van der Waals surface area contributed by atoms with Crippen molar-refractivity contribution in [3.8, 4) is 5.75 Å². The highest BCUT2D eigenvalue weighted by molar-refractivity contribution is 6.36. The van der Waals surface area contributed by atoms with E-state index in [1.54, 1.807) is 24.3 Å². The van der Waals surface area contributed by atoms with Crippen LogP contribution in [0, 0.1) is 11.7 Å². The van der Waals surface area contributed by atoms with Gasteiger partial charge in [0.2, 0.25) is 0 Å². The van der Waals surface area contributed by atoms with Gasteiger partial charge in [-0.25, -0.2) is 4.39 Å². The van der Waals surface area contributed by atoms with E-state index in [-0.39, 0.29) is 30.2 Å². The fourth-order valence-electron chi connectivity index (χ4n) is 3.00. The molecule has 3 rings (SSSR count). The largest absolute Gasteiger partial charge is 0.493 e. The summed E-state index contributed by atoms with van der Waals surface area (Å²) in [5.74, 6) is -0.160. The Morgan fingerprint density at radius 1 is 1.00 bits per heavy atom. The number of methoxy groups -OCH3 is 1. The van der Waals surface area contributed by atoms with Crippen LogP contribution >= 0.6 is 0 Å². The van der Waals surface area contributed by atoms with Crippen LogP contribution in [0.2, 0.25) is 0 Å². The molecular formula is C23H25FN2O4. The average molecular weight is 412 g/mol. The summed E-state index contributed by atoms with van der Waals surface area (Å²) >= 11 is 0. The third kappa shape index (κ3) is 4.86. The molecule has 7 heteroatoms. The molecule has 30 heavy (non-hydrogen) atoms. The average Bonchev–Trinajstić information content (AvgIpc) is 2.96. The van der Waals surface area contributed by atoms with Crippen molar-refractivity contribution >= 4 is 23.1 Å². The summed E-state index contributed by atoms with van der Waals surface area (Å²) < 4.78 is 24.0. The number of nitrogens with one attached hydrogen (secondary N) is 1. The van der Waals surface area contributed by atoms with Gasteiger partial charge in [-0.2, -0.15) is 0 Å². The van der Waals surface area contributed by atoms with Crippen LogP contribution in [-0.4, -0.2) is 43.6 Å². The van der Waals surface area contributed by atoms with Gasteiger partial charge in [0, 0.05) is 12.8 Å². The van der Waals surface area contributed by atoms with Gasteiger partial charge in [-0.15, -0.1) is 0 Å². The number of hydrogen-bond acceptors (Lipinski definition) is 5. The maximum absolute atomic E-state index is 13.2. The zero-order valence-electron chi connectivity index (χ0n) is 17.3. The standard InChI is InChI=1S/C23H25FN2O4/c1-15(2)14-30-19-10-4-16(5-11-19)20-21(25-18-8-6-17(24)7-9-18)23(28)26(22(20)27)12-13-29-3/h4-11,15,25H,12-14H2,1-3H3.